The average molecular weight is 204 g/mol. The highest BCUT2D eigenvalue weighted by Gasteiger charge is 2.11. The number of allylic oxidation sites excluding steroid dienone is 1. The van der Waals surface area contributed by atoms with E-state index >= 15 is 0 Å². The maximum atomic E-state index is 11.6. The van der Waals surface area contributed by atoms with Gasteiger partial charge in [0.25, 0.3) is 0 Å². The number of carbonyl (C=O) groups excluding carboxylic acids is 1. The van der Waals surface area contributed by atoms with E-state index in [1.165, 1.54) is 0 Å². The number of benzene rings is 1. The van der Waals surface area contributed by atoms with Gasteiger partial charge in [-0.2, -0.15) is 0 Å². The number of hydrogen-bond donors (Lipinski definition) is 0. The van der Waals surface area contributed by atoms with Crippen LogP contribution in [0.25, 0.3) is 5.57 Å². The molecule has 0 radical (unpaired) electrons. The largest absolute Gasteiger partial charge is 0.462 e. The Bertz CT molecular complexity index is 378. The molecule has 0 aromatic heterocycles. The summed E-state index contributed by atoms with van der Waals surface area (Å²) in [7, 11) is 0. The first-order chi connectivity index (χ1) is 7.19. The third kappa shape index (κ3) is 2.94. The highest BCUT2D eigenvalue weighted by molar-refractivity contribution is 6.16. The first-order valence-corrected chi connectivity index (χ1v) is 5.09. The van der Waals surface area contributed by atoms with Crippen LogP contribution in [0.1, 0.15) is 25.0 Å². The van der Waals surface area contributed by atoms with Gasteiger partial charge in [0.05, 0.1) is 12.2 Å². The maximum absolute atomic E-state index is 11.6. The summed E-state index contributed by atoms with van der Waals surface area (Å²) < 4.78 is 4.98. The molecule has 15 heavy (non-hydrogen) atoms. The topological polar surface area (TPSA) is 26.3 Å². The van der Waals surface area contributed by atoms with E-state index in [9.17, 15) is 4.79 Å². The fraction of sp³-hybridized carbons (Fsp3) is 0.308. The zero-order valence-electron chi connectivity index (χ0n) is 9.41. The van der Waals surface area contributed by atoms with E-state index < -0.39 is 0 Å². The number of hydrogen-bond acceptors (Lipinski definition) is 2. The van der Waals surface area contributed by atoms with Gasteiger partial charge in [-0.3, -0.25) is 0 Å². The molecular formula is C13H16O2. The van der Waals surface area contributed by atoms with Crippen molar-refractivity contribution < 1.29 is 9.53 Å². The predicted octanol–water partition coefficient (Wildman–Crippen LogP) is 2.96. The van der Waals surface area contributed by atoms with E-state index in [1.54, 1.807) is 13.0 Å². The standard InChI is InChI=1S/C13H16O2/c1-4-12(13(14)15-5-2)11-8-6-7-10(3)9-11/h4,6-9H,5H2,1-3H3. The third-order valence-electron chi connectivity index (χ3n) is 2.11. The third-order valence-corrected chi connectivity index (χ3v) is 2.11. The van der Waals surface area contributed by atoms with Gasteiger partial charge in [0, 0.05) is 0 Å². The summed E-state index contributed by atoms with van der Waals surface area (Å²) in [5.74, 6) is -0.259. The van der Waals surface area contributed by atoms with Crippen molar-refractivity contribution in [3.8, 4) is 0 Å². The number of rotatable bonds is 3. The molecule has 0 heterocycles. The minimum absolute atomic E-state index is 0.259. The van der Waals surface area contributed by atoms with Gasteiger partial charge in [-0.05, 0) is 26.3 Å². The van der Waals surface area contributed by atoms with Crippen LogP contribution in [0.5, 0.6) is 0 Å². The van der Waals surface area contributed by atoms with Crippen LogP contribution in [0.4, 0.5) is 0 Å². The summed E-state index contributed by atoms with van der Waals surface area (Å²) in [6, 6.07) is 7.83. The van der Waals surface area contributed by atoms with E-state index in [-0.39, 0.29) is 5.97 Å². The highest BCUT2D eigenvalue weighted by Crippen LogP contribution is 2.17. The Morgan fingerprint density at radius 1 is 1.47 bits per heavy atom. The van der Waals surface area contributed by atoms with Crippen molar-refractivity contribution in [1.29, 1.82) is 0 Å². The number of aryl methyl sites for hydroxylation is 1. The fourth-order valence-electron chi connectivity index (χ4n) is 1.42. The van der Waals surface area contributed by atoms with Crippen LogP contribution in [-0.4, -0.2) is 12.6 Å². The molecule has 0 bridgehead atoms. The summed E-state index contributed by atoms with van der Waals surface area (Å²) in [6.45, 7) is 6.06. The van der Waals surface area contributed by atoms with Crippen molar-refractivity contribution in [1.82, 2.24) is 0 Å². The Balaban J connectivity index is 2.99. The lowest BCUT2D eigenvalue weighted by Crippen LogP contribution is -2.06. The first-order valence-electron chi connectivity index (χ1n) is 5.09. The van der Waals surface area contributed by atoms with E-state index in [0.29, 0.717) is 12.2 Å². The van der Waals surface area contributed by atoms with E-state index in [4.69, 9.17) is 4.74 Å². The molecule has 80 valence electrons. The Labute approximate surface area is 90.6 Å². The molecule has 0 fully saturated rings. The predicted molar refractivity (Wildman–Crippen MR) is 61.5 cm³/mol. The summed E-state index contributed by atoms with van der Waals surface area (Å²) in [4.78, 5) is 11.6. The SMILES string of the molecule is CC=C(C(=O)OCC)c1cccc(C)c1. The van der Waals surface area contributed by atoms with Gasteiger partial charge in [-0.1, -0.05) is 35.9 Å². The van der Waals surface area contributed by atoms with Crippen LogP contribution in [0.2, 0.25) is 0 Å². The molecule has 0 amide bonds. The lowest BCUT2D eigenvalue weighted by molar-refractivity contribution is -0.136. The van der Waals surface area contributed by atoms with Gasteiger partial charge in [0.2, 0.25) is 0 Å². The van der Waals surface area contributed by atoms with Crippen LogP contribution < -0.4 is 0 Å². The second-order valence-electron chi connectivity index (χ2n) is 3.29. The van der Waals surface area contributed by atoms with Crippen LogP contribution in [0.15, 0.2) is 30.3 Å². The maximum Gasteiger partial charge on any atom is 0.338 e. The normalized spacial score (nSPS) is 11.3. The van der Waals surface area contributed by atoms with Gasteiger partial charge >= 0.3 is 5.97 Å². The fourth-order valence-corrected chi connectivity index (χ4v) is 1.42. The van der Waals surface area contributed by atoms with Crippen molar-refractivity contribution >= 4 is 11.5 Å². The van der Waals surface area contributed by atoms with E-state index in [2.05, 4.69) is 0 Å². The molecule has 1 rings (SSSR count). The molecule has 0 saturated carbocycles. The average Bonchev–Trinajstić information content (AvgIpc) is 2.19. The minimum Gasteiger partial charge on any atom is -0.462 e. The number of carbonyl (C=O) groups is 1. The van der Waals surface area contributed by atoms with Crippen molar-refractivity contribution in [2.45, 2.75) is 20.8 Å². The molecule has 1 aromatic rings. The van der Waals surface area contributed by atoms with Crippen LogP contribution in [-0.2, 0) is 9.53 Å². The van der Waals surface area contributed by atoms with Crippen molar-refractivity contribution in [3.05, 3.63) is 41.5 Å². The summed E-state index contributed by atoms with van der Waals surface area (Å²) >= 11 is 0. The van der Waals surface area contributed by atoms with E-state index in [0.717, 1.165) is 11.1 Å². The van der Waals surface area contributed by atoms with Gasteiger partial charge < -0.3 is 4.74 Å². The number of ether oxygens (including phenoxy) is 1. The van der Waals surface area contributed by atoms with Gasteiger partial charge in [-0.25, -0.2) is 4.79 Å². The Morgan fingerprint density at radius 3 is 2.73 bits per heavy atom. The molecule has 0 aliphatic heterocycles. The second-order valence-corrected chi connectivity index (χ2v) is 3.29. The Kier molecular flexibility index (Phi) is 4.10. The quantitative estimate of drug-likeness (QED) is 0.559. The van der Waals surface area contributed by atoms with E-state index in [1.807, 2.05) is 38.1 Å². The zero-order valence-corrected chi connectivity index (χ0v) is 9.41. The molecule has 2 nitrogen and oxygen atoms in total. The summed E-state index contributed by atoms with van der Waals surface area (Å²) in [5, 5.41) is 0. The van der Waals surface area contributed by atoms with Crippen molar-refractivity contribution in [3.63, 3.8) is 0 Å². The highest BCUT2D eigenvalue weighted by atomic mass is 16.5. The lowest BCUT2D eigenvalue weighted by Gasteiger charge is -2.07. The molecule has 0 aliphatic carbocycles. The van der Waals surface area contributed by atoms with Crippen LogP contribution in [0, 0.1) is 6.92 Å². The van der Waals surface area contributed by atoms with Crippen LogP contribution in [0.3, 0.4) is 0 Å². The molecule has 0 unspecified atom stereocenters. The molecule has 1 aromatic carbocycles. The zero-order chi connectivity index (χ0) is 11.3. The smallest absolute Gasteiger partial charge is 0.338 e. The molecule has 0 saturated heterocycles. The Hall–Kier alpha value is -1.57. The Morgan fingerprint density at radius 2 is 2.20 bits per heavy atom. The minimum atomic E-state index is -0.259. The van der Waals surface area contributed by atoms with Crippen molar-refractivity contribution in [2.75, 3.05) is 6.61 Å². The van der Waals surface area contributed by atoms with Gasteiger partial charge in [0.1, 0.15) is 0 Å². The second kappa shape index (κ2) is 5.35. The molecule has 0 atom stereocenters. The molecule has 2 heteroatoms. The van der Waals surface area contributed by atoms with Crippen LogP contribution >= 0.6 is 0 Å². The van der Waals surface area contributed by atoms with Crippen molar-refractivity contribution in [2.24, 2.45) is 0 Å². The molecule has 0 N–H and O–H groups in total. The van der Waals surface area contributed by atoms with Gasteiger partial charge in [-0.15, -0.1) is 0 Å². The number of esters is 1. The summed E-state index contributed by atoms with van der Waals surface area (Å²) in [6.07, 6.45) is 1.78. The molecule has 0 aliphatic rings. The molecular weight excluding hydrogens is 188 g/mol. The lowest BCUT2D eigenvalue weighted by atomic mass is 10.0. The summed E-state index contributed by atoms with van der Waals surface area (Å²) in [5.41, 5.74) is 2.67. The first kappa shape index (κ1) is 11.5. The monoisotopic (exact) mass is 204 g/mol. The van der Waals surface area contributed by atoms with Gasteiger partial charge in [0.15, 0.2) is 0 Å². The molecule has 0 spiro atoms.